The Morgan fingerprint density at radius 2 is 2.11 bits per heavy atom. The van der Waals surface area contributed by atoms with Crippen LogP contribution >= 0.6 is 0 Å². The molecule has 27 heavy (non-hydrogen) atoms. The molecule has 1 amide bonds. The molecule has 0 bridgehead atoms. The molecule has 2 rings (SSSR count). The highest BCUT2D eigenvalue weighted by Crippen LogP contribution is 2.14. The minimum absolute atomic E-state index is 0.0203. The number of ether oxygens (including phenoxy) is 1. The van der Waals surface area contributed by atoms with E-state index in [0.717, 1.165) is 5.69 Å². The van der Waals surface area contributed by atoms with Crippen LogP contribution in [0, 0.1) is 12.3 Å². The minimum atomic E-state index is -3.78. The van der Waals surface area contributed by atoms with E-state index >= 15 is 0 Å². The van der Waals surface area contributed by atoms with Gasteiger partial charge in [0, 0.05) is 25.4 Å². The van der Waals surface area contributed by atoms with Crippen LogP contribution < -0.4 is 4.72 Å². The van der Waals surface area contributed by atoms with Gasteiger partial charge in [-0.3, -0.25) is 9.78 Å². The van der Waals surface area contributed by atoms with Gasteiger partial charge in [-0.05, 0) is 30.3 Å². The number of carbonyl (C=O) groups excluding carboxylic acids is 1. The molecule has 2 aromatic rings. The predicted molar refractivity (Wildman–Crippen MR) is 101 cm³/mol. The molecule has 1 heterocycles. The van der Waals surface area contributed by atoms with Crippen molar-refractivity contribution in [3.63, 3.8) is 0 Å². The summed E-state index contributed by atoms with van der Waals surface area (Å²) in [6.07, 6.45) is 6.75. The monoisotopic (exact) mass is 387 g/mol. The van der Waals surface area contributed by atoms with Crippen molar-refractivity contribution in [3.05, 3.63) is 59.9 Å². The second-order valence-corrected chi connectivity index (χ2v) is 7.36. The highest BCUT2D eigenvalue weighted by molar-refractivity contribution is 7.89. The molecular formula is C19H21N3O4S. The second kappa shape index (κ2) is 9.83. The maximum atomic E-state index is 12.9. The van der Waals surface area contributed by atoms with Crippen LogP contribution in [-0.4, -0.2) is 51.0 Å². The summed E-state index contributed by atoms with van der Waals surface area (Å²) < 4.78 is 31.8. The molecule has 142 valence electrons. The second-order valence-electron chi connectivity index (χ2n) is 5.60. The maximum Gasteiger partial charge on any atom is 0.254 e. The SMILES string of the molecule is C#CCNS(=O)(=O)c1cccc(C(=O)N(CCOC)Cc2ccccn2)c1. The van der Waals surface area contributed by atoms with Crippen LogP contribution in [0.15, 0.2) is 53.6 Å². The van der Waals surface area contributed by atoms with E-state index in [1.54, 1.807) is 30.3 Å². The molecule has 1 aromatic heterocycles. The molecule has 0 radical (unpaired) electrons. The van der Waals surface area contributed by atoms with Gasteiger partial charge in [-0.1, -0.05) is 18.1 Å². The first-order valence-electron chi connectivity index (χ1n) is 8.19. The minimum Gasteiger partial charge on any atom is -0.383 e. The molecule has 0 saturated heterocycles. The number of nitrogens with zero attached hydrogens (tertiary/aromatic N) is 2. The lowest BCUT2D eigenvalue weighted by Gasteiger charge is -2.22. The van der Waals surface area contributed by atoms with E-state index in [9.17, 15) is 13.2 Å². The molecule has 0 atom stereocenters. The van der Waals surface area contributed by atoms with Gasteiger partial charge in [-0.15, -0.1) is 6.42 Å². The molecule has 0 saturated carbocycles. The van der Waals surface area contributed by atoms with E-state index in [1.165, 1.54) is 18.2 Å². The number of benzene rings is 1. The molecule has 8 heteroatoms. The average molecular weight is 387 g/mol. The van der Waals surface area contributed by atoms with Crippen LogP contribution in [0.2, 0.25) is 0 Å². The van der Waals surface area contributed by atoms with Crippen molar-refractivity contribution in [2.75, 3.05) is 26.8 Å². The quantitative estimate of drug-likeness (QED) is 0.655. The molecule has 1 aromatic carbocycles. The van der Waals surface area contributed by atoms with Gasteiger partial charge in [-0.25, -0.2) is 8.42 Å². The van der Waals surface area contributed by atoms with Crippen molar-refractivity contribution >= 4 is 15.9 Å². The summed E-state index contributed by atoms with van der Waals surface area (Å²) in [6, 6.07) is 11.3. The van der Waals surface area contributed by atoms with Crippen LogP contribution in [0.4, 0.5) is 0 Å². The van der Waals surface area contributed by atoms with Crippen molar-refractivity contribution < 1.29 is 17.9 Å². The van der Waals surface area contributed by atoms with Crippen molar-refractivity contribution in [2.45, 2.75) is 11.4 Å². The first-order chi connectivity index (χ1) is 13.0. The van der Waals surface area contributed by atoms with Gasteiger partial charge in [0.2, 0.25) is 10.0 Å². The van der Waals surface area contributed by atoms with Crippen LogP contribution in [0.1, 0.15) is 16.1 Å². The molecule has 0 unspecified atom stereocenters. The molecule has 0 spiro atoms. The van der Waals surface area contributed by atoms with E-state index < -0.39 is 10.0 Å². The van der Waals surface area contributed by atoms with E-state index in [0.29, 0.717) is 13.2 Å². The normalized spacial score (nSPS) is 11.0. The van der Waals surface area contributed by atoms with Crippen molar-refractivity contribution in [1.82, 2.24) is 14.6 Å². The molecule has 0 fully saturated rings. The summed E-state index contributed by atoms with van der Waals surface area (Å²) >= 11 is 0. The average Bonchev–Trinajstić information content (AvgIpc) is 2.70. The summed E-state index contributed by atoms with van der Waals surface area (Å²) in [5.74, 6) is 1.90. The molecule has 0 aliphatic carbocycles. The summed E-state index contributed by atoms with van der Waals surface area (Å²) in [4.78, 5) is 18.7. The van der Waals surface area contributed by atoms with Gasteiger partial charge >= 0.3 is 0 Å². The number of aromatic nitrogens is 1. The van der Waals surface area contributed by atoms with Gasteiger partial charge in [-0.2, -0.15) is 4.72 Å². The summed E-state index contributed by atoms with van der Waals surface area (Å²) in [5.41, 5.74) is 0.979. The number of methoxy groups -OCH3 is 1. The van der Waals surface area contributed by atoms with Crippen molar-refractivity contribution in [3.8, 4) is 12.3 Å². The largest absolute Gasteiger partial charge is 0.383 e. The van der Waals surface area contributed by atoms with E-state index in [-0.39, 0.29) is 29.5 Å². The smallest absolute Gasteiger partial charge is 0.254 e. The van der Waals surface area contributed by atoms with Crippen LogP contribution in [0.5, 0.6) is 0 Å². The lowest BCUT2D eigenvalue weighted by molar-refractivity contribution is 0.0677. The predicted octanol–water partition coefficient (Wildman–Crippen LogP) is 1.28. The van der Waals surface area contributed by atoms with E-state index in [4.69, 9.17) is 11.2 Å². The Bertz CT molecular complexity index is 908. The first kappa shape index (κ1) is 20.6. The summed E-state index contributed by atoms with van der Waals surface area (Å²) in [7, 11) is -2.23. The fourth-order valence-corrected chi connectivity index (χ4v) is 3.32. The summed E-state index contributed by atoms with van der Waals surface area (Å²) in [5, 5.41) is 0. The number of sulfonamides is 1. The third-order valence-electron chi connectivity index (χ3n) is 3.69. The third kappa shape index (κ3) is 5.89. The highest BCUT2D eigenvalue weighted by Gasteiger charge is 2.20. The summed E-state index contributed by atoms with van der Waals surface area (Å²) in [6.45, 7) is 0.855. The number of nitrogens with one attached hydrogen (secondary N) is 1. The van der Waals surface area contributed by atoms with E-state index in [1.807, 2.05) is 12.1 Å². The zero-order valence-electron chi connectivity index (χ0n) is 15.0. The lowest BCUT2D eigenvalue weighted by Crippen LogP contribution is -2.34. The number of terminal acetylenes is 1. The number of rotatable bonds is 9. The molecule has 0 aliphatic rings. The molecule has 0 aliphatic heterocycles. The Kier molecular flexibility index (Phi) is 7.49. The Labute approximate surface area is 159 Å². The fraction of sp³-hybridized carbons (Fsp3) is 0.263. The van der Waals surface area contributed by atoms with Gasteiger partial charge in [0.05, 0.1) is 30.3 Å². The standard InChI is InChI=1S/C19H21N3O4S/c1-3-10-21-27(24,25)18-9-6-7-16(14-18)19(23)22(12-13-26-2)15-17-8-4-5-11-20-17/h1,4-9,11,14,21H,10,12-13,15H2,2H3. The van der Waals surface area contributed by atoms with Crippen LogP contribution in [-0.2, 0) is 21.3 Å². The third-order valence-corrected chi connectivity index (χ3v) is 5.09. The van der Waals surface area contributed by atoms with E-state index in [2.05, 4.69) is 15.6 Å². The molecule has 7 nitrogen and oxygen atoms in total. The van der Waals surface area contributed by atoms with Gasteiger partial charge < -0.3 is 9.64 Å². The number of carbonyl (C=O) groups is 1. The topological polar surface area (TPSA) is 88.6 Å². The lowest BCUT2D eigenvalue weighted by atomic mass is 10.2. The molecule has 1 N–H and O–H groups in total. The number of hydrogen-bond acceptors (Lipinski definition) is 5. The zero-order valence-corrected chi connectivity index (χ0v) is 15.8. The van der Waals surface area contributed by atoms with Crippen LogP contribution in [0.25, 0.3) is 0 Å². The Morgan fingerprint density at radius 3 is 2.78 bits per heavy atom. The highest BCUT2D eigenvalue weighted by atomic mass is 32.2. The van der Waals surface area contributed by atoms with Crippen molar-refractivity contribution in [1.29, 1.82) is 0 Å². The molecular weight excluding hydrogens is 366 g/mol. The first-order valence-corrected chi connectivity index (χ1v) is 9.67. The maximum absolute atomic E-state index is 12.9. The van der Waals surface area contributed by atoms with Gasteiger partial charge in [0.25, 0.3) is 5.91 Å². The van der Waals surface area contributed by atoms with Gasteiger partial charge in [0.1, 0.15) is 0 Å². The fourth-order valence-electron chi connectivity index (χ4n) is 2.34. The zero-order chi connectivity index (χ0) is 19.7. The van der Waals surface area contributed by atoms with Crippen molar-refractivity contribution in [2.24, 2.45) is 0 Å². The van der Waals surface area contributed by atoms with Crippen LogP contribution in [0.3, 0.4) is 0 Å². The Balaban J connectivity index is 2.26. The number of amides is 1. The Hall–Kier alpha value is -2.73. The number of hydrogen-bond donors (Lipinski definition) is 1. The van der Waals surface area contributed by atoms with Gasteiger partial charge in [0.15, 0.2) is 0 Å². The number of pyridine rings is 1. The Morgan fingerprint density at radius 1 is 1.30 bits per heavy atom.